The normalized spacial score (nSPS) is 15.4. The van der Waals surface area contributed by atoms with E-state index in [0.29, 0.717) is 24.5 Å². The Morgan fingerprint density at radius 3 is 2.24 bits per heavy atom. The summed E-state index contributed by atoms with van der Waals surface area (Å²) in [6.07, 6.45) is -4.16. The predicted octanol–water partition coefficient (Wildman–Crippen LogP) is 5.75. The number of rotatable bonds is 8. The lowest BCUT2D eigenvalue weighted by Gasteiger charge is -2.34. The molecule has 33 heavy (non-hydrogen) atoms. The van der Waals surface area contributed by atoms with Crippen molar-refractivity contribution in [2.24, 2.45) is 0 Å². The minimum absolute atomic E-state index is 0.157. The summed E-state index contributed by atoms with van der Waals surface area (Å²) >= 11 is 0. The van der Waals surface area contributed by atoms with Gasteiger partial charge in [-0.2, -0.15) is 18.4 Å². The first-order valence-electron chi connectivity index (χ1n) is 10.7. The summed E-state index contributed by atoms with van der Waals surface area (Å²) in [5.74, 6) is -2.25. The van der Waals surface area contributed by atoms with Crippen LogP contribution in [0.25, 0.3) is 0 Å². The van der Waals surface area contributed by atoms with Gasteiger partial charge in [-0.25, -0.2) is 8.78 Å². The maximum Gasteiger partial charge on any atom is 0.417 e. The first-order valence-corrected chi connectivity index (χ1v) is 10.7. The van der Waals surface area contributed by atoms with E-state index in [-0.39, 0.29) is 18.1 Å². The molecule has 0 bridgehead atoms. The van der Waals surface area contributed by atoms with Gasteiger partial charge in [-0.15, -0.1) is 0 Å². The molecule has 0 radical (unpaired) electrons. The molecule has 1 heterocycles. The standard InChI is InChI=1S/C24H25F5N2O2/c25-23(26,9-13-32)10-14-33-21-5-2-17(3-6-21)18-7-11-31(12-8-18)20-4-1-19(16-30)22(15-20)24(27,28)29/h1-6,15,18,32H,7-14H2. The summed E-state index contributed by atoms with van der Waals surface area (Å²) in [6.45, 7) is 0.419. The molecule has 0 amide bonds. The molecule has 1 aliphatic heterocycles. The van der Waals surface area contributed by atoms with Gasteiger partial charge in [0.2, 0.25) is 0 Å². The highest BCUT2D eigenvalue weighted by atomic mass is 19.4. The van der Waals surface area contributed by atoms with Crippen molar-refractivity contribution in [3.8, 4) is 11.8 Å². The van der Waals surface area contributed by atoms with Crippen LogP contribution in [0.15, 0.2) is 42.5 Å². The van der Waals surface area contributed by atoms with Gasteiger partial charge in [-0.1, -0.05) is 12.1 Å². The number of hydrogen-bond donors (Lipinski definition) is 1. The summed E-state index contributed by atoms with van der Waals surface area (Å²) in [7, 11) is 0. The monoisotopic (exact) mass is 468 g/mol. The van der Waals surface area contributed by atoms with Crippen molar-refractivity contribution in [1.29, 1.82) is 5.26 Å². The third-order valence-corrected chi connectivity index (χ3v) is 5.85. The van der Waals surface area contributed by atoms with Crippen molar-refractivity contribution >= 4 is 5.69 Å². The fourth-order valence-electron chi connectivity index (χ4n) is 3.97. The van der Waals surface area contributed by atoms with Gasteiger partial charge in [-0.05, 0) is 54.7 Å². The van der Waals surface area contributed by atoms with E-state index >= 15 is 0 Å². The predicted molar refractivity (Wildman–Crippen MR) is 114 cm³/mol. The average Bonchev–Trinajstić information content (AvgIpc) is 2.78. The second-order valence-electron chi connectivity index (χ2n) is 8.10. The van der Waals surface area contributed by atoms with E-state index in [1.54, 1.807) is 24.3 Å². The number of ether oxygens (including phenoxy) is 1. The van der Waals surface area contributed by atoms with Crippen LogP contribution in [0, 0.1) is 11.3 Å². The van der Waals surface area contributed by atoms with E-state index in [9.17, 15) is 22.0 Å². The molecular weight excluding hydrogens is 443 g/mol. The van der Waals surface area contributed by atoms with E-state index in [1.807, 2.05) is 17.0 Å². The number of aliphatic hydroxyl groups is 1. The molecule has 1 N–H and O–H groups in total. The summed E-state index contributed by atoms with van der Waals surface area (Å²) < 4.78 is 71.9. The highest BCUT2D eigenvalue weighted by Crippen LogP contribution is 2.36. The SMILES string of the molecule is N#Cc1ccc(N2CCC(c3ccc(OCCC(F)(F)CCO)cc3)CC2)cc1C(F)(F)F. The zero-order valence-electron chi connectivity index (χ0n) is 17.9. The number of halogens is 5. The molecular formula is C24H25F5N2O2. The van der Waals surface area contributed by atoms with Crippen LogP contribution in [0.2, 0.25) is 0 Å². The Balaban J connectivity index is 1.55. The van der Waals surface area contributed by atoms with Crippen LogP contribution in [0.5, 0.6) is 5.75 Å². The van der Waals surface area contributed by atoms with Crippen molar-refractivity contribution in [2.75, 3.05) is 31.2 Å². The molecule has 2 aromatic rings. The van der Waals surface area contributed by atoms with E-state index in [2.05, 4.69) is 0 Å². The van der Waals surface area contributed by atoms with Crippen molar-refractivity contribution in [2.45, 2.75) is 43.7 Å². The number of piperidine rings is 1. The van der Waals surface area contributed by atoms with E-state index in [0.717, 1.165) is 24.5 Å². The summed E-state index contributed by atoms with van der Waals surface area (Å²) in [5.41, 5.74) is 0.194. The molecule has 2 aromatic carbocycles. The maximum atomic E-state index is 13.4. The Bertz CT molecular complexity index is 962. The average molecular weight is 468 g/mol. The first kappa shape index (κ1) is 24.8. The zero-order chi connectivity index (χ0) is 24.1. The van der Waals surface area contributed by atoms with Crippen molar-refractivity contribution in [3.63, 3.8) is 0 Å². The Hall–Kier alpha value is -2.86. The molecule has 0 aliphatic carbocycles. The van der Waals surface area contributed by atoms with Gasteiger partial charge in [-0.3, -0.25) is 0 Å². The highest BCUT2D eigenvalue weighted by molar-refractivity contribution is 5.55. The van der Waals surface area contributed by atoms with Crippen LogP contribution < -0.4 is 9.64 Å². The number of alkyl halides is 5. The number of anilines is 1. The fraction of sp³-hybridized carbons (Fsp3) is 0.458. The lowest BCUT2D eigenvalue weighted by Crippen LogP contribution is -2.33. The maximum absolute atomic E-state index is 13.4. The Kier molecular flexibility index (Phi) is 7.80. The number of hydrogen-bond acceptors (Lipinski definition) is 4. The number of aliphatic hydroxyl groups excluding tert-OH is 1. The van der Waals surface area contributed by atoms with Gasteiger partial charge in [0.15, 0.2) is 0 Å². The van der Waals surface area contributed by atoms with Crippen molar-refractivity contribution in [3.05, 3.63) is 59.2 Å². The fourth-order valence-corrected chi connectivity index (χ4v) is 3.97. The van der Waals surface area contributed by atoms with Crippen molar-refractivity contribution < 1.29 is 31.8 Å². The molecule has 1 fully saturated rings. The van der Waals surface area contributed by atoms with E-state index in [4.69, 9.17) is 15.1 Å². The topological polar surface area (TPSA) is 56.5 Å². The molecule has 178 valence electrons. The molecule has 1 aliphatic rings. The largest absolute Gasteiger partial charge is 0.493 e. The quantitative estimate of drug-likeness (QED) is 0.502. The highest BCUT2D eigenvalue weighted by Gasteiger charge is 2.34. The number of benzene rings is 2. The number of nitrogens with zero attached hydrogens (tertiary/aromatic N) is 2. The summed E-state index contributed by atoms with van der Waals surface area (Å²) in [4.78, 5) is 1.89. The second kappa shape index (κ2) is 10.4. The first-order chi connectivity index (χ1) is 15.6. The van der Waals surface area contributed by atoms with Crippen LogP contribution in [0.1, 0.15) is 48.3 Å². The zero-order valence-corrected chi connectivity index (χ0v) is 17.9. The molecule has 0 spiro atoms. The van der Waals surface area contributed by atoms with Crippen LogP contribution in [-0.4, -0.2) is 37.3 Å². The lowest BCUT2D eigenvalue weighted by atomic mass is 9.89. The Morgan fingerprint density at radius 1 is 1.00 bits per heavy atom. The number of nitriles is 1. The van der Waals surface area contributed by atoms with Gasteiger partial charge >= 0.3 is 6.18 Å². The minimum atomic E-state index is -4.59. The smallest absolute Gasteiger partial charge is 0.417 e. The third-order valence-electron chi connectivity index (χ3n) is 5.85. The van der Waals surface area contributed by atoms with Gasteiger partial charge in [0, 0.05) is 38.2 Å². The second-order valence-corrected chi connectivity index (χ2v) is 8.10. The van der Waals surface area contributed by atoms with Crippen LogP contribution >= 0.6 is 0 Å². The van der Waals surface area contributed by atoms with Crippen LogP contribution in [0.4, 0.5) is 27.6 Å². The molecule has 9 heteroatoms. The molecule has 0 atom stereocenters. The van der Waals surface area contributed by atoms with Gasteiger partial charge in [0.25, 0.3) is 5.92 Å². The van der Waals surface area contributed by atoms with Crippen LogP contribution in [-0.2, 0) is 6.18 Å². The van der Waals surface area contributed by atoms with E-state index in [1.165, 1.54) is 6.07 Å². The molecule has 0 saturated carbocycles. The summed E-state index contributed by atoms with van der Waals surface area (Å²) in [6, 6.07) is 12.6. The molecule has 0 unspecified atom stereocenters. The lowest BCUT2D eigenvalue weighted by molar-refractivity contribution is -0.137. The van der Waals surface area contributed by atoms with Gasteiger partial charge < -0.3 is 14.7 Å². The molecule has 3 rings (SSSR count). The van der Waals surface area contributed by atoms with Crippen LogP contribution in [0.3, 0.4) is 0 Å². The molecule has 1 saturated heterocycles. The minimum Gasteiger partial charge on any atom is -0.493 e. The Labute approximate surface area is 189 Å². The molecule has 0 aromatic heterocycles. The van der Waals surface area contributed by atoms with Crippen molar-refractivity contribution in [1.82, 2.24) is 0 Å². The van der Waals surface area contributed by atoms with Gasteiger partial charge in [0.1, 0.15) is 5.75 Å². The third kappa shape index (κ3) is 6.57. The summed E-state index contributed by atoms with van der Waals surface area (Å²) in [5, 5.41) is 17.6. The Morgan fingerprint density at radius 2 is 1.67 bits per heavy atom. The molecule has 4 nitrogen and oxygen atoms in total. The van der Waals surface area contributed by atoms with E-state index < -0.39 is 37.1 Å². The van der Waals surface area contributed by atoms with Gasteiger partial charge in [0.05, 0.1) is 23.8 Å².